The molecule has 1 fully saturated rings. The van der Waals surface area contributed by atoms with Gasteiger partial charge in [0.15, 0.2) is 6.61 Å². The Kier molecular flexibility index (Phi) is 6.93. The second-order valence-electron chi connectivity index (χ2n) is 6.87. The molecule has 1 saturated heterocycles. The fraction of sp³-hybridized carbons (Fsp3) is 0.364. The zero-order chi connectivity index (χ0) is 19.9. The predicted octanol–water partition coefficient (Wildman–Crippen LogP) is 3.66. The van der Waals surface area contributed by atoms with Crippen LogP contribution < -0.4 is 4.74 Å². The Morgan fingerprint density at radius 1 is 1.00 bits per heavy atom. The van der Waals surface area contributed by atoms with Gasteiger partial charge in [-0.15, -0.1) is 0 Å². The van der Waals surface area contributed by atoms with Crippen molar-refractivity contribution in [1.29, 1.82) is 0 Å². The molecule has 0 N–H and O–H groups in total. The Morgan fingerprint density at radius 2 is 1.68 bits per heavy atom. The topological polar surface area (TPSA) is 49.9 Å². The molecule has 0 bridgehead atoms. The predicted molar refractivity (Wildman–Crippen MR) is 110 cm³/mol. The molecule has 6 heteroatoms. The van der Waals surface area contributed by atoms with E-state index in [4.69, 9.17) is 16.3 Å². The number of ether oxygens (including phenoxy) is 1. The van der Waals surface area contributed by atoms with Gasteiger partial charge in [0.25, 0.3) is 11.8 Å². The molecule has 1 heterocycles. The summed E-state index contributed by atoms with van der Waals surface area (Å²) in [5.41, 5.74) is 1.84. The summed E-state index contributed by atoms with van der Waals surface area (Å²) in [6.07, 6.45) is 2.14. The highest BCUT2D eigenvalue weighted by Gasteiger charge is 2.25. The number of carbonyl (C=O) groups is 2. The minimum Gasteiger partial charge on any atom is -0.484 e. The summed E-state index contributed by atoms with van der Waals surface area (Å²) in [5.74, 6) is 0.577. The largest absolute Gasteiger partial charge is 0.484 e. The minimum atomic E-state index is -0.0625. The van der Waals surface area contributed by atoms with E-state index < -0.39 is 0 Å². The fourth-order valence-corrected chi connectivity index (χ4v) is 3.43. The van der Waals surface area contributed by atoms with Crippen LogP contribution in [0.5, 0.6) is 5.75 Å². The van der Waals surface area contributed by atoms with Gasteiger partial charge in [0.2, 0.25) is 0 Å². The van der Waals surface area contributed by atoms with Gasteiger partial charge in [0.05, 0.1) is 0 Å². The number of benzene rings is 2. The SMILES string of the molecule is CCCc1ccc(OCC(=O)N2CCN(C(=O)c3cccc(Cl)c3)CC2)cc1. The van der Waals surface area contributed by atoms with Crippen LogP contribution >= 0.6 is 11.6 Å². The first kappa shape index (κ1) is 20.2. The van der Waals surface area contributed by atoms with Crippen molar-refractivity contribution in [2.24, 2.45) is 0 Å². The molecular weight excluding hydrogens is 376 g/mol. The van der Waals surface area contributed by atoms with E-state index in [1.165, 1.54) is 5.56 Å². The summed E-state index contributed by atoms with van der Waals surface area (Å²) >= 11 is 5.96. The van der Waals surface area contributed by atoms with Crippen LogP contribution in [0, 0.1) is 0 Å². The van der Waals surface area contributed by atoms with Crippen molar-refractivity contribution < 1.29 is 14.3 Å². The normalized spacial score (nSPS) is 14.1. The number of aryl methyl sites for hydroxylation is 1. The van der Waals surface area contributed by atoms with Gasteiger partial charge >= 0.3 is 0 Å². The lowest BCUT2D eigenvalue weighted by Crippen LogP contribution is -2.51. The van der Waals surface area contributed by atoms with Gasteiger partial charge in [-0.3, -0.25) is 9.59 Å². The van der Waals surface area contributed by atoms with E-state index in [9.17, 15) is 9.59 Å². The highest BCUT2D eigenvalue weighted by Crippen LogP contribution is 2.15. The first-order chi connectivity index (χ1) is 13.6. The van der Waals surface area contributed by atoms with Crippen molar-refractivity contribution in [2.75, 3.05) is 32.8 Å². The molecule has 0 atom stereocenters. The van der Waals surface area contributed by atoms with Crippen LogP contribution in [0.25, 0.3) is 0 Å². The van der Waals surface area contributed by atoms with E-state index in [-0.39, 0.29) is 18.4 Å². The molecule has 0 radical (unpaired) electrons. The van der Waals surface area contributed by atoms with Gasteiger partial charge in [-0.05, 0) is 42.3 Å². The van der Waals surface area contributed by atoms with Gasteiger partial charge in [0, 0.05) is 36.8 Å². The molecule has 0 unspecified atom stereocenters. The number of carbonyl (C=O) groups excluding carboxylic acids is 2. The quantitative estimate of drug-likeness (QED) is 0.743. The van der Waals surface area contributed by atoms with E-state index in [0.29, 0.717) is 42.5 Å². The minimum absolute atomic E-state index is 0.00929. The number of nitrogens with zero attached hydrogens (tertiary/aromatic N) is 2. The summed E-state index contributed by atoms with van der Waals surface area (Å²) in [6.45, 7) is 4.17. The number of piperazine rings is 1. The molecule has 0 spiro atoms. The van der Waals surface area contributed by atoms with E-state index in [1.807, 2.05) is 24.3 Å². The summed E-state index contributed by atoms with van der Waals surface area (Å²) < 4.78 is 5.62. The van der Waals surface area contributed by atoms with E-state index in [0.717, 1.165) is 12.8 Å². The Hall–Kier alpha value is -2.53. The number of amides is 2. The monoisotopic (exact) mass is 400 g/mol. The van der Waals surface area contributed by atoms with Crippen molar-refractivity contribution in [3.8, 4) is 5.75 Å². The molecule has 28 heavy (non-hydrogen) atoms. The van der Waals surface area contributed by atoms with Gasteiger partial charge in [-0.2, -0.15) is 0 Å². The van der Waals surface area contributed by atoms with Gasteiger partial charge in [0.1, 0.15) is 5.75 Å². The second-order valence-corrected chi connectivity index (χ2v) is 7.30. The van der Waals surface area contributed by atoms with Gasteiger partial charge < -0.3 is 14.5 Å². The van der Waals surface area contributed by atoms with E-state index in [2.05, 4.69) is 6.92 Å². The van der Waals surface area contributed by atoms with Crippen LogP contribution in [0.3, 0.4) is 0 Å². The van der Waals surface area contributed by atoms with Crippen molar-refractivity contribution in [2.45, 2.75) is 19.8 Å². The number of hydrogen-bond acceptors (Lipinski definition) is 3. The van der Waals surface area contributed by atoms with Crippen LogP contribution in [0.15, 0.2) is 48.5 Å². The summed E-state index contributed by atoms with van der Waals surface area (Å²) in [6, 6.07) is 14.8. The number of halogens is 1. The first-order valence-corrected chi connectivity index (χ1v) is 9.99. The molecule has 0 aliphatic carbocycles. The third-order valence-electron chi connectivity index (χ3n) is 4.82. The molecule has 148 valence electrons. The molecule has 2 amide bonds. The molecule has 1 aliphatic rings. The van der Waals surface area contributed by atoms with Gasteiger partial charge in [-0.25, -0.2) is 0 Å². The average molecular weight is 401 g/mol. The second kappa shape index (κ2) is 9.60. The fourth-order valence-electron chi connectivity index (χ4n) is 3.24. The third kappa shape index (κ3) is 5.26. The zero-order valence-corrected chi connectivity index (χ0v) is 16.8. The van der Waals surface area contributed by atoms with Crippen molar-refractivity contribution in [3.63, 3.8) is 0 Å². The number of rotatable bonds is 6. The maximum Gasteiger partial charge on any atom is 0.260 e. The smallest absolute Gasteiger partial charge is 0.260 e. The highest BCUT2D eigenvalue weighted by molar-refractivity contribution is 6.30. The van der Waals surface area contributed by atoms with Crippen LogP contribution in [0.2, 0.25) is 5.02 Å². The van der Waals surface area contributed by atoms with Crippen LogP contribution in [0.1, 0.15) is 29.3 Å². The Labute approximate surface area is 170 Å². The molecule has 2 aromatic carbocycles. The lowest BCUT2D eigenvalue weighted by molar-refractivity contribution is -0.134. The third-order valence-corrected chi connectivity index (χ3v) is 5.05. The molecule has 3 rings (SSSR count). The number of hydrogen-bond donors (Lipinski definition) is 0. The maximum atomic E-state index is 12.6. The van der Waals surface area contributed by atoms with E-state index >= 15 is 0 Å². The zero-order valence-electron chi connectivity index (χ0n) is 16.1. The molecule has 1 aliphatic heterocycles. The molecule has 0 saturated carbocycles. The van der Waals surface area contributed by atoms with Crippen LogP contribution in [-0.2, 0) is 11.2 Å². The first-order valence-electron chi connectivity index (χ1n) is 9.61. The average Bonchev–Trinajstić information content (AvgIpc) is 2.73. The van der Waals surface area contributed by atoms with Crippen molar-refractivity contribution in [3.05, 3.63) is 64.7 Å². The van der Waals surface area contributed by atoms with Crippen LogP contribution in [0.4, 0.5) is 0 Å². The molecule has 2 aromatic rings. The molecular formula is C22H25ClN2O3. The van der Waals surface area contributed by atoms with Gasteiger partial charge in [-0.1, -0.05) is 43.1 Å². The molecule has 5 nitrogen and oxygen atoms in total. The van der Waals surface area contributed by atoms with Crippen molar-refractivity contribution >= 4 is 23.4 Å². The standard InChI is InChI=1S/C22H25ClN2O3/c1-2-4-17-7-9-20(10-8-17)28-16-21(26)24-11-13-25(14-12-24)22(27)18-5-3-6-19(23)15-18/h3,5-10,15H,2,4,11-14,16H2,1H3. The summed E-state index contributed by atoms with van der Waals surface area (Å²) in [4.78, 5) is 28.5. The Morgan fingerprint density at radius 3 is 2.32 bits per heavy atom. The lowest BCUT2D eigenvalue weighted by atomic mass is 10.1. The lowest BCUT2D eigenvalue weighted by Gasteiger charge is -2.34. The van der Waals surface area contributed by atoms with Crippen molar-refractivity contribution in [1.82, 2.24) is 9.80 Å². The Bertz CT molecular complexity index is 815. The highest BCUT2D eigenvalue weighted by atomic mass is 35.5. The summed E-state index contributed by atoms with van der Waals surface area (Å²) in [7, 11) is 0. The maximum absolute atomic E-state index is 12.6. The van der Waals surface area contributed by atoms with Crippen LogP contribution in [-0.4, -0.2) is 54.4 Å². The summed E-state index contributed by atoms with van der Waals surface area (Å²) in [5, 5.41) is 0.541. The molecule has 0 aromatic heterocycles. The van der Waals surface area contributed by atoms with E-state index in [1.54, 1.807) is 34.1 Å². The Balaban J connectivity index is 1.46.